The first-order valence-electron chi connectivity index (χ1n) is 3.87. The zero-order chi connectivity index (χ0) is 10.8. The maximum Gasteiger partial charge on any atom is 0.418 e. The number of hydrogen-bond donors (Lipinski definition) is 2. The summed E-state index contributed by atoms with van der Waals surface area (Å²) >= 11 is 0. The van der Waals surface area contributed by atoms with E-state index in [-0.39, 0.29) is 6.54 Å². The third kappa shape index (κ3) is 2.21. The van der Waals surface area contributed by atoms with Gasteiger partial charge in [-0.25, -0.2) is 0 Å². The van der Waals surface area contributed by atoms with Crippen molar-refractivity contribution in [3.8, 4) is 0 Å². The molecular formula is C8H9F3N2O. The van der Waals surface area contributed by atoms with Crippen LogP contribution in [0.3, 0.4) is 0 Å². The Balaban J connectivity index is 3.16. The molecule has 14 heavy (non-hydrogen) atoms. The molecule has 0 saturated heterocycles. The predicted molar refractivity (Wildman–Crippen MR) is 43.3 cm³/mol. The maximum atomic E-state index is 12.4. The summed E-state index contributed by atoms with van der Waals surface area (Å²) in [6.45, 7) is -0.292. The summed E-state index contributed by atoms with van der Waals surface area (Å²) in [5, 5.41) is 9.19. The Bertz CT molecular complexity index is 314. The molecule has 1 aromatic rings. The zero-order valence-corrected chi connectivity index (χ0v) is 7.12. The molecule has 6 heteroatoms. The number of nitrogens with zero attached hydrogens (tertiary/aromatic N) is 1. The second-order valence-electron chi connectivity index (χ2n) is 2.69. The van der Waals surface area contributed by atoms with Crippen molar-refractivity contribution in [3.63, 3.8) is 0 Å². The molecule has 0 spiro atoms. The van der Waals surface area contributed by atoms with Crippen LogP contribution in [0.1, 0.15) is 17.4 Å². The Hall–Kier alpha value is -1.14. The van der Waals surface area contributed by atoms with Crippen molar-refractivity contribution in [3.05, 3.63) is 29.6 Å². The number of pyridine rings is 1. The summed E-state index contributed by atoms with van der Waals surface area (Å²) in [4.78, 5) is 3.47. The number of hydrogen-bond acceptors (Lipinski definition) is 3. The van der Waals surface area contributed by atoms with E-state index in [0.29, 0.717) is 0 Å². The highest BCUT2D eigenvalue weighted by Crippen LogP contribution is 2.32. The van der Waals surface area contributed by atoms with Crippen LogP contribution in [0.15, 0.2) is 18.3 Å². The molecule has 0 aromatic carbocycles. The number of aromatic nitrogens is 1. The first-order valence-corrected chi connectivity index (χ1v) is 3.87. The monoisotopic (exact) mass is 206 g/mol. The topological polar surface area (TPSA) is 59.1 Å². The number of halogens is 3. The number of alkyl halides is 3. The lowest BCUT2D eigenvalue weighted by molar-refractivity contribution is -0.139. The zero-order valence-electron chi connectivity index (χ0n) is 7.12. The molecule has 0 aliphatic heterocycles. The molecule has 3 nitrogen and oxygen atoms in total. The van der Waals surface area contributed by atoms with Gasteiger partial charge in [0.25, 0.3) is 0 Å². The van der Waals surface area contributed by atoms with Crippen LogP contribution in [0.5, 0.6) is 0 Å². The molecule has 0 aliphatic carbocycles. The Morgan fingerprint density at radius 3 is 2.64 bits per heavy atom. The van der Waals surface area contributed by atoms with Crippen molar-refractivity contribution >= 4 is 0 Å². The summed E-state index contributed by atoms with van der Waals surface area (Å²) in [6, 6.07) is 2.02. The van der Waals surface area contributed by atoms with Crippen molar-refractivity contribution in [2.45, 2.75) is 12.3 Å². The van der Waals surface area contributed by atoms with Crippen LogP contribution in [0.25, 0.3) is 0 Å². The summed E-state index contributed by atoms with van der Waals surface area (Å²) in [6.07, 6.45) is -4.71. The van der Waals surface area contributed by atoms with Crippen LogP contribution < -0.4 is 5.73 Å². The second kappa shape index (κ2) is 3.93. The third-order valence-corrected chi connectivity index (χ3v) is 1.68. The van der Waals surface area contributed by atoms with Crippen LogP contribution in [0.2, 0.25) is 0 Å². The van der Waals surface area contributed by atoms with Gasteiger partial charge in [-0.1, -0.05) is 0 Å². The van der Waals surface area contributed by atoms with Crippen molar-refractivity contribution in [1.82, 2.24) is 4.98 Å². The van der Waals surface area contributed by atoms with Gasteiger partial charge in [0.2, 0.25) is 0 Å². The molecule has 0 fully saturated rings. The fraction of sp³-hybridized carbons (Fsp3) is 0.375. The molecule has 1 aromatic heterocycles. The number of nitrogens with two attached hydrogens (primary N) is 1. The molecule has 1 unspecified atom stereocenters. The summed E-state index contributed by atoms with van der Waals surface area (Å²) in [7, 11) is 0. The molecule has 1 atom stereocenters. The smallest absolute Gasteiger partial charge is 0.385 e. The molecule has 0 aliphatic rings. The molecule has 78 valence electrons. The lowest BCUT2D eigenvalue weighted by atomic mass is 10.1. The van der Waals surface area contributed by atoms with Gasteiger partial charge < -0.3 is 10.8 Å². The van der Waals surface area contributed by atoms with Crippen LogP contribution in [0.4, 0.5) is 13.2 Å². The normalized spacial score (nSPS) is 14.1. The van der Waals surface area contributed by atoms with Crippen LogP contribution in [-0.2, 0) is 6.18 Å². The summed E-state index contributed by atoms with van der Waals surface area (Å²) < 4.78 is 37.1. The van der Waals surface area contributed by atoms with Gasteiger partial charge in [-0.2, -0.15) is 13.2 Å². The fourth-order valence-electron chi connectivity index (χ4n) is 1.03. The molecule has 3 N–H and O–H groups in total. The van der Waals surface area contributed by atoms with E-state index in [1.165, 1.54) is 6.20 Å². The minimum Gasteiger partial charge on any atom is -0.385 e. The average Bonchev–Trinajstić information content (AvgIpc) is 2.15. The molecule has 0 radical (unpaired) electrons. The van der Waals surface area contributed by atoms with Gasteiger partial charge in [-0.3, -0.25) is 4.98 Å². The molecule has 0 bridgehead atoms. The molecule has 0 amide bonds. The van der Waals surface area contributed by atoms with Crippen molar-refractivity contribution in [2.24, 2.45) is 5.73 Å². The van der Waals surface area contributed by atoms with Gasteiger partial charge in [0, 0.05) is 12.7 Å². The van der Waals surface area contributed by atoms with Crippen LogP contribution in [-0.4, -0.2) is 16.6 Å². The molecule has 0 saturated carbocycles. The van der Waals surface area contributed by atoms with E-state index in [4.69, 9.17) is 5.73 Å². The fourth-order valence-corrected chi connectivity index (χ4v) is 1.03. The number of rotatable bonds is 2. The first-order chi connectivity index (χ1) is 6.46. The SMILES string of the molecule is NCC(O)c1ncccc1C(F)(F)F. The van der Waals surface area contributed by atoms with Crippen molar-refractivity contribution in [1.29, 1.82) is 0 Å². The molecule has 1 heterocycles. The van der Waals surface area contributed by atoms with Crippen LogP contribution in [0, 0.1) is 0 Å². The van der Waals surface area contributed by atoms with Gasteiger partial charge in [-0.15, -0.1) is 0 Å². The van der Waals surface area contributed by atoms with Gasteiger partial charge in [0.1, 0.15) is 6.10 Å². The predicted octanol–water partition coefficient (Wildman–Crippen LogP) is 1.09. The summed E-state index contributed by atoms with van der Waals surface area (Å²) in [5.74, 6) is 0. The Morgan fingerprint density at radius 2 is 2.14 bits per heavy atom. The van der Waals surface area contributed by atoms with E-state index >= 15 is 0 Å². The average molecular weight is 206 g/mol. The molecular weight excluding hydrogens is 197 g/mol. The van der Waals surface area contributed by atoms with E-state index in [2.05, 4.69) is 4.98 Å². The van der Waals surface area contributed by atoms with E-state index in [9.17, 15) is 18.3 Å². The van der Waals surface area contributed by atoms with Crippen molar-refractivity contribution < 1.29 is 18.3 Å². The standard InChI is InChI=1S/C8H9F3N2O/c9-8(10,11)5-2-1-3-13-7(5)6(14)4-12/h1-3,6,14H,4,12H2. The highest BCUT2D eigenvalue weighted by molar-refractivity contribution is 5.24. The third-order valence-electron chi connectivity index (χ3n) is 1.68. The lowest BCUT2D eigenvalue weighted by Crippen LogP contribution is -2.18. The van der Waals surface area contributed by atoms with Gasteiger partial charge >= 0.3 is 6.18 Å². The maximum absolute atomic E-state index is 12.4. The van der Waals surface area contributed by atoms with E-state index < -0.39 is 23.5 Å². The van der Waals surface area contributed by atoms with E-state index in [0.717, 1.165) is 12.1 Å². The Morgan fingerprint density at radius 1 is 1.50 bits per heavy atom. The minimum absolute atomic E-state index is 0.292. The Kier molecular flexibility index (Phi) is 3.07. The quantitative estimate of drug-likeness (QED) is 0.761. The number of aliphatic hydroxyl groups is 1. The van der Waals surface area contributed by atoms with Crippen LogP contribution >= 0.6 is 0 Å². The number of aliphatic hydroxyl groups excluding tert-OH is 1. The minimum atomic E-state index is -4.51. The Labute approximate surface area is 78.4 Å². The highest BCUT2D eigenvalue weighted by Gasteiger charge is 2.35. The van der Waals surface area contributed by atoms with E-state index in [1.807, 2.05) is 0 Å². The first kappa shape index (κ1) is 10.9. The second-order valence-corrected chi connectivity index (χ2v) is 2.69. The van der Waals surface area contributed by atoms with E-state index in [1.54, 1.807) is 0 Å². The largest absolute Gasteiger partial charge is 0.418 e. The van der Waals surface area contributed by atoms with Gasteiger partial charge in [0.05, 0.1) is 11.3 Å². The highest BCUT2D eigenvalue weighted by atomic mass is 19.4. The lowest BCUT2D eigenvalue weighted by Gasteiger charge is -2.14. The van der Waals surface area contributed by atoms with Gasteiger partial charge in [0.15, 0.2) is 0 Å². The van der Waals surface area contributed by atoms with Crippen molar-refractivity contribution in [2.75, 3.05) is 6.54 Å². The summed E-state index contributed by atoms with van der Waals surface area (Å²) in [5.41, 5.74) is 3.68. The molecule has 1 rings (SSSR count). The van der Waals surface area contributed by atoms with Gasteiger partial charge in [-0.05, 0) is 12.1 Å².